The van der Waals surface area contributed by atoms with Gasteiger partial charge in [0.1, 0.15) is 5.76 Å². The highest BCUT2D eigenvalue weighted by atomic mass is 35.5. The van der Waals surface area contributed by atoms with Gasteiger partial charge in [0.2, 0.25) is 0 Å². The van der Waals surface area contributed by atoms with Crippen LogP contribution in [-0.2, 0) is 6.54 Å². The van der Waals surface area contributed by atoms with Crippen LogP contribution in [0.25, 0.3) is 0 Å². The Balaban J connectivity index is 1.78. The number of nitrogens with zero attached hydrogens (tertiary/aromatic N) is 3. The minimum Gasteiger partial charge on any atom is -0.361 e. The molecular formula is C18H25ClN4O2. The quantitative estimate of drug-likeness (QED) is 0.833. The van der Waals surface area contributed by atoms with Crippen LogP contribution in [0, 0.1) is 20.8 Å². The summed E-state index contributed by atoms with van der Waals surface area (Å²) in [6.07, 6.45) is 6.90. The molecule has 0 atom stereocenters. The van der Waals surface area contributed by atoms with Gasteiger partial charge in [0.15, 0.2) is 5.69 Å². The molecule has 25 heavy (non-hydrogen) atoms. The summed E-state index contributed by atoms with van der Waals surface area (Å²) in [5.74, 6) is 0.473. The third-order valence-corrected chi connectivity index (χ3v) is 5.54. The average molecular weight is 365 g/mol. The van der Waals surface area contributed by atoms with Crippen LogP contribution in [0.2, 0.25) is 5.02 Å². The van der Waals surface area contributed by atoms with Gasteiger partial charge in [0.05, 0.1) is 23.0 Å². The molecular weight excluding hydrogens is 340 g/mol. The van der Waals surface area contributed by atoms with Crippen LogP contribution >= 0.6 is 11.6 Å². The van der Waals surface area contributed by atoms with Crippen molar-refractivity contribution in [2.24, 2.45) is 0 Å². The molecule has 0 bridgehead atoms. The second-order valence-electron chi connectivity index (χ2n) is 6.87. The van der Waals surface area contributed by atoms with Crippen LogP contribution in [0.4, 0.5) is 0 Å². The van der Waals surface area contributed by atoms with Crippen LogP contribution in [0.5, 0.6) is 0 Å². The van der Waals surface area contributed by atoms with Crippen molar-refractivity contribution in [3.63, 3.8) is 0 Å². The molecule has 1 saturated carbocycles. The molecule has 1 N–H and O–H groups in total. The van der Waals surface area contributed by atoms with Gasteiger partial charge in [-0.05, 0) is 33.6 Å². The number of aromatic nitrogens is 3. The number of carbonyl (C=O) groups excluding carboxylic acids is 1. The third-order valence-electron chi connectivity index (χ3n) is 4.99. The van der Waals surface area contributed by atoms with Gasteiger partial charge in [0.25, 0.3) is 5.91 Å². The molecule has 0 radical (unpaired) electrons. The van der Waals surface area contributed by atoms with E-state index in [0.29, 0.717) is 23.0 Å². The van der Waals surface area contributed by atoms with Gasteiger partial charge in [-0.1, -0.05) is 42.4 Å². The fourth-order valence-corrected chi connectivity index (χ4v) is 3.55. The van der Waals surface area contributed by atoms with E-state index < -0.39 is 0 Å². The Morgan fingerprint density at radius 2 is 1.92 bits per heavy atom. The zero-order valence-corrected chi connectivity index (χ0v) is 15.8. The first-order valence-electron chi connectivity index (χ1n) is 8.93. The predicted molar refractivity (Wildman–Crippen MR) is 96.0 cm³/mol. The lowest BCUT2D eigenvalue weighted by Crippen LogP contribution is -2.35. The lowest BCUT2D eigenvalue weighted by molar-refractivity contribution is 0.0923. The fraction of sp³-hybridized carbons (Fsp3) is 0.611. The van der Waals surface area contributed by atoms with Gasteiger partial charge in [-0.3, -0.25) is 9.48 Å². The van der Waals surface area contributed by atoms with E-state index in [2.05, 4.69) is 15.6 Å². The monoisotopic (exact) mass is 364 g/mol. The summed E-state index contributed by atoms with van der Waals surface area (Å²) in [5.41, 5.74) is 2.76. The first-order chi connectivity index (χ1) is 12.0. The first kappa shape index (κ1) is 18.0. The van der Waals surface area contributed by atoms with Gasteiger partial charge in [-0.2, -0.15) is 5.10 Å². The Kier molecular flexibility index (Phi) is 5.47. The smallest absolute Gasteiger partial charge is 0.274 e. The Hall–Kier alpha value is -1.82. The normalized spacial score (nSPS) is 16.0. The summed E-state index contributed by atoms with van der Waals surface area (Å²) >= 11 is 6.22. The molecule has 0 aromatic carbocycles. The summed E-state index contributed by atoms with van der Waals surface area (Å²) in [4.78, 5) is 12.7. The van der Waals surface area contributed by atoms with Crippen LogP contribution < -0.4 is 5.32 Å². The number of nitrogens with one attached hydrogen (secondary N) is 1. The Morgan fingerprint density at radius 3 is 2.52 bits per heavy atom. The maximum atomic E-state index is 12.7. The number of hydrogen-bond acceptors (Lipinski definition) is 4. The average Bonchev–Trinajstić information content (AvgIpc) is 2.92. The maximum Gasteiger partial charge on any atom is 0.274 e. The van der Waals surface area contributed by atoms with Crippen LogP contribution in [0.15, 0.2) is 4.52 Å². The number of rotatable bonds is 4. The lowest BCUT2D eigenvalue weighted by Gasteiger charge is -2.15. The van der Waals surface area contributed by atoms with Gasteiger partial charge in [-0.25, -0.2) is 0 Å². The predicted octanol–water partition coefficient (Wildman–Crippen LogP) is 3.95. The topological polar surface area (TPSA) is 73.0 Å². The highest BCUT2D eigenvalue weighted by Crippen LogP contribution is 2.23. The summed E-state index contributed by atoms with van der Waals surface area (Å²) in [5, 5.41) is 12.2. The molecule has 0 unspecified atom stereocenters. The van der Waals surface area contributed by atoms with Crippen molar-refractivity contribution < 1.29 is 9.32 Å². The molecule has 1 aliphatic rings. The highest BCUT2D eigenvalue weighted by molar-refractivity contribution is 6.31. The second kappa shape index (κ2) is 7.60. The molecule has 1 aliphatic carbocycles. The zero-order chi connectivity index (χ0) is 18.0. The van der Waals surface area contributed by atoms with E-state index >= 15 is 0 Å². The standard InChI is InChI=1S/C18H25ClN4O2/c1-11-16(19)12(2)23(21-11)10-15-13(3)25-22-17(15)18(24)20-14-8-6-4-5-7-9-14/h14H,4-10H2,1-3H3,(H,20,24). The van der Waals surface area contributed by atoms with Crippen LogP contribution in [-0.4, -0.2) is 26.9 Å². The van der Waals surface area contributed by atoms with Crippen molar-refractivity contribution in [3.8, 4) is 0 Å². The SMILES string of the molecule is Cc1nn(Cc2c(C(=O)NC3CCCCCC3)noc2C)c(C)c1Cl. The molecule has 1 fully saturated rings. The van der Waals surface area contributed by atoms with E-state index in [9.17, 15) is 4.79 Å². The van der Waals surface area contributed by atoms with E-state index in [-0.39, 0.29) is 11.9 Å². The number of carbonyl (C=O) groups is 1. The molecule has 0 spiro atoms. The first-order valence-corrected chi connectivity index (χ1v) is 9.30. The van der Waals surface area contributed by atoms with Gasteiger partial charge < -0.3 is 9.84 Å². The Morgan fingerprint density at radius 1 is 1.24 bits per heavy atom. The minimum absolute atomic E-state index is 0.161. The van der Waals surface area contributed by atoms with Crippen molar-refractivity contribution in [2.45, 2.75) is 71.9 Å². The molecule has 1 amide bonds. The van der Waals surface area contributed by atoms with E-state index in [1.165, 1.54) is 25.7 Å². The highest BCUT2D eigenvalue weighted by Gasteiger charge is 2.24. The van der Waals surface area contributed by atoms with Crippen molar-refractivity contribution in [1.82, 2.24) is 20.3 Å². The summed E-state index contributed by atoms with van der Waals surface area (Å²) < 4.78 is 7.09. The van der Waals surface area contributed by atoms with Crippen molar-refractivity contribution in [1.29, 1.82) is 0 Å². The van der Waals surface area contributed by atoms with E-state index in [0.717, 1.165) is 29.8 Å². The molecule has 6 nitrogen and oxygen atoms in total. The zero-order valence-electron chi connectivity index (χ0n) is 15.1. The van der Waals surface area contributed by atoms with Crippen molar-refractivity contribution >= 4 is 17.5 Å². The van der Waals surface area contributed by atoms with E-state index in [1.54, 1.807) is 4.68 Å². The molecule has 2 aromatic rings. The molecule has 7 heteroatoms. The van der Waals surface area contributed by atoms with E-state index in [1.807, 2.05) is 20.8 Å². The van der Waals surface area contributed by atoms with Crippen molar-refractivity contribution in [3.05, 3.63) is 33.4 Å². The fourth-order valence-electron chi connectivity index (χ4n) is 3.41. The maximum absolute atomic E-state index is 12.7. The van der Waals surface area contributed by atoms with Gasteiger partial charge in [0, 0.05) is 11.6 Å². The second-order valence-corrected chi connectivity index (χ2v) is 7.25. The lowest BCUT2D eigenvalue weighted by atomic mass is 10.1. The molecule has 3 rings (SSSR count). The van der Waals surface area contributed by atoms with Crippen LogP contribution in [0.3, 0.4) is 0 Å². The molecule has 0 saturated heterocycles. The molecule has 0 aliphatic heterocycles. The largest absolute Gasteiger partial charge is 0.361 e. The van der Waals surface area contributed by atoms with E-state index in [4.69, 9.17) is 16.1 Å². The number of aryl methyl sites for hydroxylation is 2. The minimum atomic E-state index is -0.161. The number of amides is 1. The summed E-state index contributed by atoms with van der Waals surface area (Å²) in [7, 11) is 0. The number of hydrogen-bond donors (Lipinski definition) is 1. The van der Waals surface area contributed by atoms with Crippen LogP contribution in [0.1, 0.15) is 71.7 Å². The molecule has 2 heterocycles. The summed E-state index contributed by atoms with van der Waals surface area (Å²) in [6.45, 7) is 6.02. The number of halogens is 1. The summed E-state index contributed by atoms with van der Waals surface area (Å²) in [6, 6.07) is 0.225. The third kappa shape index (κ3) is 3.89. The molecule has 2 aromatic heterocycles. The van der Waals surface area contributed by atoms with Crippen molar-refractivity contribution in [2.75, 3.05) is 0 Å². The Labute approximate surface area is 152 Å². The van der Waals surface area contributed by atoms with Gasteiger partial charge in [-0.15, -0.1) is 0 Å². The molecule has 136 valence electrons. The van der Waals surface area contributed by atoms with Gasteiger partial charge >= 0.3 is 0 Å². The Bertz CT molecular complexity index is 757.